The van der Waals surface area contributed by atoms with Gasteiger partial charge in [-0.25, -0.2) is 9.37 Å². The Labute approximate surface area is 168 Å². The van der Waals surface area contributed by atoms with Crippen LogP contribution in [-0.4, -0.2) is 45.2 Å². The van der Waals surface area contributed by atoms with Crippen LogP contribution in [0, 0.1) is 12.7 Å². The van der Waals surface area contributed by atoms with E-state index in [-0.39, 0.29) is 11.7 Å². The highest BCUT2D eigenvalue weighted by molar-refractivity contribution is 7.17. The monoisotopic (exact) mass is 401 g/mol. The Balaban J connectivity index is 1.66. The van der Waals surface area contributed by atoms with Gasteiger partial charge < -0.3 is 10.2 Å². The van der Waals surface area contributed by atoms with Gasteiger partial charge in [0.1, 0.15) is 15.7 Å². The lowest BCUT2D eigenvalue weighted by Gasteiger charge is -2.17. The molecular formula is C20H24FN5OS. The Hall–Kier alpha value is -2.58. The highest BCUT2D eigenvalue weighted by Gasteiger charge is 2.17. The zero-order valence-electron chi connectivity index (χ0n) is 16.3. The summed E-state index contributed by atoms with van der Waals surface area (Å²) in [7, 11) is 0. The number of likely N-dealkylation sites (N-methyl/N-ethyl adjacent to an activating group) is 1. The first kappa shape index (κ1) is 20.2. The fourth-order valence-corrected chi connectivity index (χ4v) is 3.81. The number of hydrogen-bond donors (Lipinski definition) is 1. The summed E-state index contributed by atoms with van der Waals surface area (Å²) in [6.07, 6.45) is 3.48. The van der Waals surface area contributed by atoms with Gasteiger partial charge >= 0.3 is 0 Å². The topological polar surface area (TPSA) is 63.0 Å². The van der Waals surface area contributed by atoms with Gasteiger partial charge in [0, 0.05) is 18.3 Å². The van der Waals surface area contributed by atoms with Crippen molar-refractivity contribution in [3.63, 3.8) is 0 Å². The first-order chi connectivity index (χ1) is 13.5. The van der Waals surface area contributed by atoms with E-state index in [0.29, 0.717) is 21.3 Å². The van der Waals surface area contributed by atoms with Crippen LogP contribution >= 0.6 is 11.3 Å². The average molecular weight is 402 g/mol. The molecule has 0 aliphatic rings. The fraction of sp³-hybridized carbons (Fsp3) is 0.350. The maximum atomic E-state index is 13.1. The number of carbonyl (C=O) groups is 1. The van der Waals surface area contributed by atoms with Crippen molar-refractivity contribution in [2.75, 3.05) is 25.0 Å². The molecule has 0 bridgehead atoms. The van der Waals surface area contributed by atoms with Gasteiger partial charge in [-0.1, -0.05) is 13.8 Å². The van der Waals surface area contributed by atoms with Crippen LogP contribution in [0.5, 0.6) is 0 Å². The molecule has 3 aromatic rings. The van der Waals surface area contributed by atoms with Crippen LogP contribution < -0.4 is 5.32 Å². The predicted molar refractivity (Wildman–Crippen MR) is 110 cm³/mol. The number of nitrogens with zero attached hydrogens (tertiary/aromatic N) is 4. The lowest BCUT2D eigenvalue weighted by atomic mass is 10.2. The number of halogens is 1. The Morgan fingerprint density at radius 1 is 1.25 bits per heavy atom. The van der Waals surface area contributed by atoms with Gasteiger partial charge in [-0.05, 0) is 44.3 Å². The molecule has 0 saturated heterocycles. The second-order valence-electron chi connectivity index (χ2n) is 6.41. The van der Waals surface area contributed by atoms with Gasteiger partial charge in [0.25, 0.3) is 5.91 Å². The molecule has 0 radical (unpaired) electrons. The van der Waals surface area contributed by atoms with Gasteiger partial charge in [-0.15, -0.1) is 11.3 Å². The highest BCUT2D eigenvalue weighted by atomic mass is 32.1. The molecule has 28 heavy (non-hydrogen) atoms. The Morgan fingerprint density at radius 2 is 1.96 bits per heavy atom. The van der Waals surface area contributed by atoms with Crippen LogP contribution in [-0.2, 0) is 6.54 Å². The summed E-state index contributed by atoms with van der Waals surface area (Å²) < 4.78 is 14.9. The quantitative estimate of drug-likeness (QED) is 0.619. The third-order valence-corrected chi connectivity index (χ3v) is 5.73. The second-order valence-corrected chi connectivity index (χ2v) is 7.41. The summed E-state index contributed by atoms with van der Waals surface area (Å²) in [6, 6.07) is 6.10. The van der Waals surface area contributed by atoms with Crippen LogP contribution in [0.3, 0.4) is 0 Å². The van der Waals surface area contributed by atoms with Crippen molar-refractivity contribution in [2.45, 2.75) is 27.3 Å². The third kappa shape index (κ3) is 4.82. The summed E-state index contributed by atoms with van der Waals surface area (Å²) in [5, 5.41) is 7.89. The van der Waals surface area contributed by atoms with Crippen molar-refractivity contribution in [3.8, 4) is 10.6 Å². The minimum absolute atomic E-state index is 0.216. The van der Waals surface area contributed by atoms with Crippen molar-refractivity contribution in [2.24, 2.45) is 0 Å². The molecule has 0 aliphatic carbocycles. The number of benzene rings is 1. The smallest absolute Gasteiger partial charge is 0.267 e. The maximum Gasteiger partial charge on any atom is 0.267 e. The molecule has 2 aromatic heterocycles. The molecule has 148 valence electrons. The number of nitrogens with one attached hydrogen (secondary N) is 1. The van der Waals surface area contributed by atoms with Gasteiger partial charge in [0.05, 0.1) is 24.1 Å². The third-order valence-electron chi connectivity index (χ3n) is 4.52. The number of amides is 1. The van der Waals surface area contributed by atoms with E-state index in [1.165, 1.54) is 23.5 Å². The molecule has 0 saturated carbocycles. The zero-order valence-corrected chi connectivity index (χ0v) is 17.1. The number of hydrogen-bond acceptors (Lipinski definition) is 5. The van der Waals surface area contributed by atoms with E-state index < -0.39 is 0 Å². The molecule has 1 amide bonds. The summed E-state index contributed by atoms with van der Waals surface area (Å²) in [5.41, 5.74) is 2.09. The van der Waals surface area contributed by atoms with E-state index in [0.717, 1.165) is 31.7 Å². The number of aromatic nitrogens is 3. The summed E-state index contributed by atoms with van der Waals surface area (Å²) in [6.45, 7) is 9.76. The largest absolute Gasteiger partial charge is 0.319 e. The number of rotatable bonds is 8. The number of anilines is 1. The van der Waals surface area contributed by atoms with E-state index in [9.17, 15) is 9.18 Å². The first-order valence-corrected chi connectivity index (χ1v) is 10.1. The molecule has 6 nitrogen and oxygen atoms in total. The van der Waals surface area contributed by atoms with E-state index in [1.807, 2.05) is 10.9 Å². The summed E-state index contributed by atoms with van der Waals surface area (Å²) in [4.78, 5) is 20.0. The van der Waals surface area contributed by atoms with Crippen molar-refractivity contribution >= 4 is 22.9 Å². The number of aryl methyl sites for hydroxylation is 1. The first-order valence-electron chi connectivity index (χ1n) is 9.29. The van der Waals surface area contributed by atoms with Crippen LogP contribution in [0.25, 0.3) is 10.6 Å². The molecule has 0 fully saturated rings. The van der Waals surface area contributed by atoms with Crippen LogP contribution in [0.1, 0.15) is 29.2 Å². The molecule has 8 heteroatoms. The normalized spacial score (nSPS) is 11.2. The van der Waals surface area contributed by atoms with E-state index >= 15 is 0 Å². The molecule has 0 atom stereocenters. The van der Waals surface area contributed by atoms with Gasteiger partial charge in [-0.3, -0.25) is 9.48 Å². The number of carbonyl (C=O) groups excluding carboxylic acids is 1. The molecule has 3 rings (SSSR count). The summed E-state index contributed by atoms with van der Waals surface area (Å²) >= 11 is 1.29. The Bertz CT molecular complexity index is 930. The molecule has 1 N–H and O–H groups in total. The number of thiazole rings is 1. The Kier molecular flexibility index (Phi) is 6.53. The predicted octanol–water partition coefficient (Wildman–Crippen LogP) is 4.05. The van der Waals surface area contributed by atoms with Gasteiger partial charge in [0.15, 0.2) is 0 Å². The lowest BCUT2D eigenvalue weighted by Crippen LogP contribution is -2.27. The van der Waals surface area contributed by atoms with E-state index in [1.54, 1.807) is 25.3 Å². The molecule has 2 heterocycles. The average Bonchev–Trinajstić information content (AvgIpc) is 3.29. The van der Waals surface area contributed by atoms with Crippen molar-refractivity contribution in [1.82, 2.24) is 19.7 Å². The molecule has 0 unspecified atom stereocenters. The van der Waals surface area contributed by atoms with Crippen LogP contribution in [0.2, 0.25) is 0 Å². The maximum absolute atomic E-state index is 13.1. The van der Waals surface area contributed by atoms with Crippen molar-refractivity contribution in [3.05, 3.63) is 53.0 Å². The minimum Gasteiger partial charge on any atom is -0.319 e. The van der Waals surface area contributed by atoms with Gasteiger partial charge in [0.2, 0.25) is 0 Å². The summed E-state index contributed by atoms with van der Waals surface area (Å²) in [5.74, 6) is -0.514. The zero-order chi connectivity index (χ0) is 20.1. The molecule has 0 aliphatic heterocycles. The van der Waals surface area contributed by atoms with E-state index in [2.05, 4.69) is 34.1 Å². The second kappa shape index (κ2) is 9.07. The minimum atomic E-state index is -0.298. The van der Waals surface area contributed by atoms with E-state index in [4.69, 9.17) is 0 Å². The fourth-order valence-electron chi connectivity index (χ4n) is 2.85. The standard InChI is InChI=1S/C20H24FN5OS/c1-4-25(5-2)10-11-26-13-17(12-22-26)24-19(27)18-14(3)23-20(28-18)15-6-8-16(21)9-7-15/h6-9,12-13H,4-5,10-11H2,1-3H3,(H,24,27). The van der Waals surface area contributed by atoms with Crippen LogP contribution in [0.4, 0.5) is 10.1 Å². The van der Waals surface area contributed by atoms with Crippen molar-refractivity contribution < 1.29 is 9.18 Å². The van der Waals surface area contributed by atoms with Gasteiger partial charge in [-0.2, -0.15) is 5.10 Å². The SMILES string of the molecule is CCN(CC)CCn1cc(NC(=O)c2sc(-c3ccc(F)cc3)nc2C)cn1. The molecular weight excluding hydrogens is 377 g/mol. The highest BCUT2D eigenvalue weighted by Crippen LogP contribution is 2.28. The molecule has 1 aromatic carbocycles. The van der Waals surface area contributed by atoms with Crippen molar-refractivity contribution in [1.29, 1.82) is 0 Å². The Morgan fingerprint density at radius 3 is 2.64 bits per heavy atom. The lowest BCUT2D eigenvalue weighted by molar-refractivity contribution is 0.103. The van der Waals surface area contributed by atoms with Crippen LogP contribution in [0.15, 0.2) is 36.7 Å². The molecule has 0 spiro atoms.